The van der Waals surface area contributed by atoms with Crippen molar-refractivity contribution in [3.8, 4) is 5.75 Å². The van der Waals surface area contributed by atoms with Crippen LogP contribution >= 0.6 is 11.6 Å². The summed E-state index contributed by atoms with van der Waals surface area (Å²) in [6.45, 7) is 12.7. The van der Waals surface area contributed by atoms with E-state index in [-0.39, 0.29) is 0 Å². The van der Waals surface area contributed by atoms with Crippen molar-refractivity contribution < 1.29 is 4.74 Å². The number of nitrogens with zero attached hydrogens (tertiary/aromatic N) is 1. The average Bonchev–Trinajstić information content (AvgIpc) is 2.49. The van der Waals surface area contributed by atoms with Crippen LogP contribution in [-0.4, -0.2) is 24.1 Å². The molecular formula is C16H24ClNO. The minimum atomic E-state index is 0.341. The van der Waals surface area contributed by atoms with Crippen LogP contribution in [-0.2, 0) is 0 Å². The first-order valence-corrected chi connectivity index (χ1v) is 7.51. The van der Waals surface area contributed by atoms with Crippen LogP contribution in [0.3, 0.4) is 0 Å². The SMILES string of the molecule is CC(C)c1cc(Cl)c2c(c1)[C@@H](C)N(C(C)C)CCO2. The zero-order valence-corrected chi connectivity index (χ0v) is 13.3. The molecule has 0 saturated heterocycles. The number of halogens is 1. The first-order valence-electron chi connectivity index (χ1n) is 7.13. The fraction of sp³-hybridized carbons (Fsp3) is 0.625. The van der Waals surface area contributed by atoms with Gasteiger partial charge in [0.15, 0.2) is 0 Å². The van der Waals surface area contributed by atoms with E-state index in [1.165, 1.54) is 11.1 Å². The number of ether oxygens (including phenoxy) is 1. The molecule has 1 aromatic rings. The minimum absolute atomic E-state index is 0.341. The van der Waals surface area contributed by atoms with Crippen molar-refractivity contribution in [2.24, 2.45) is 0 Å². The van der Waals surface area contributed by atoms with Gasteiger partial charge in [0, 0.05) is 24.2 Å². The number of benzene rings is 1. The van der Waals surface area contributed by atoms with Crippen LogP contribution in [0.4, 0.5) is 0 Å². The highest BCUT2D eigenvalue weighted by Crippen LogP contribution is 2.40. The van der Waals surface area contributed by atoms with Crippen molar-refractivity contribution in [2.75, 3.05) is 13.2 Å². The molecule has 0 N–H and O–H groups in total. The normalized spacial score (nSPS) is 20.3. The first kappa shape index (κ1) is 14.7. The van der Waals surface area contributed by atoms with E-state index in [0.29, 0.717) is 24.6 Å². The molecule has 0 saturated carbocycles. The van der Waals surface area contributed by atoms with Crippen molar-refractivity contribution in [3.63, 3.8) is 0 Å². The third kappa shape index (κ3) is 2.90. The summed E-state index contributed by atoms with van der Waals surface area (Å²) >= 11 is 6.41. The first-order chi connectivity index (χ1) is 8.91. The van der Waals surface area contributed by atoms with Gasteiger partial charge in [0.25, 0.3) is 0 Å². The Kier molecular flexibility index (Phi) is 4.42. The predicted octanol–water partition coefficient (Wildman–Crippen LogP) is 4.63. The van der Waals surface area contributed by atoms with Gasteiger partial charge in [0.05, 0.1) is 5.02 Å². The van der Waals surface area contributed by atoms with Gasteiger partial charge in [-0.1, -0.05) is 31.5 Å². The third-order valence-corrected chi connectivity index (χ3v) is 4.25. The molecule has 19 heavy (non-hydrogen) atoms. The van der Waals surface area contributed by atoms with Gasteiger partial charge in [-0.25, -0.2) is 0 Å². The van der Waals surface area contributed by atoms with Crippen molar-refractivity contribution >= 4 is 11.6 Å². The predicted molar refractivity (Wildman–Crippen MR) is 81.3 cm³/mol. The van der Waals surface area contributed by atoms with Crippen molar-refractivity contribution in [1.29, 1.82) is 0 Å². The monoisotopic (exact) mass is 281 g/mol. The molecule has 0 bridgehead atoms. The van der Waals surface area contributed by atoms with E-state index in [2.05, 4.69) is 45.6 Å². The molecule has 0 fully saturated rings. The topological polar surface area (TPSA) is 12.5 Å². The second-order valence-corrected chi connectivity index (χ2v) is 6.34. The highest BCUT2D eigenvalue weighted by atomic mass is 35.5. The van der Waals surface area contributed by atoms with E-state index in [1.807, 2.05) is 6.07 Å². The summed E-state index contributed by atoms with van der Waals surface area (Å²) in [5.41, 5.74) is 2.51. The number of hydrogen-bond acceptors (Lipinski definition) is 2. The lowest BCUT2D eigenvalue weighted by Gasteiger charge is -2.31. The van der Waals surface area contributed by atoms with Gasteiger partial charge in [0.2, 0.25) is 0 Å². The zero-order valence-electron chi connectivity index (χ0n) is 12.5. The molecule has 3 heteroatoms. The van der Waals surface area contributed by atoms with Crippen LogP contribution in [0.1, 0.15) is 57.7 Å². The molecule has 0 radical (unpaired) electrons. The Morgan fingerprint density at radius 3 is 2.53 bits per heavy atom. The Morgan fingerprint density at radius 2 is 1.95 bits per heavy atom. The van der Waals surface area contributed by atoms with Gasteiger partial charge in [-0.2, -0.15) is 0 Å². The van der Waals surface area contributed by atoms with E-state index < -0.39 is 0 Å². The summed E-state index contributed by atoms with van der Waals surface area (Å²) in [5, 5.41) is 0.749. The molecule has 106 valence electrons. The molecule has 1 heterocycles. The van der Waals surface area contributed by atoms with Crippen LogP contribution < -0.4 is 4.74 Å². The Balaban J connectivity index is 2.49. The summed E-state index contributed by atoms with van der Waals surface area (Å²) in [6, 6.07) is 5.15. The van der Waals surface area contributed by atoms with Crippen molar-refractivity contribution in [1.82, 2.24) is 4.90 Å². The second kappa shape index (κ2) is 5.72. The highest BCUT2D eigenvalue weighted by Gasteiger charge is 2.27. The Labute approximate surface area is 121 Å². The Bertz CT molecular complexity index is 456. The van der Waals surface area contributed by atoms with Gasteiger partial charge in [-0.05, 0) is 38.3 Å². The van der Waals surface area contributed by atoms with Crippen LogP contribution in [0.2, 0.25) is 5.02 Å². The van der Waals surface area contributed by atoms with E-state index in [4.69, 9.17) is 16.3 Å². The van der Waals surface area contributed by atoms with Gasteiger partial charge < -0.3 is 4.74 Å². The molecule has 0 aliphatic carbocycles. The van der Waals surface area contributed by atoms with Crippen LogP contribution in [0.5, 0.6) is 5.75 Å². The van der Waals surface area contributed by atoms with Crippen molar-refractivity contribution in [2.45, 2.75) is 52.6 Å². The largest absolute Gasteiger partial charge is 0.490 e. The molecule has 1 aliphatic heterocycles. The van der Waals surface area contributed by atoms with Crippen LogP contribution in [0, 0.1) is 0 Å². The van der Waals surface area contributed by atoms with E-state index in [1.54, 1.807) is 0 Å². The molecule has 2 rings (SSSR count). The fourth-order valence-electron chi connectivity index (χ4n) is 2.76. The number of hydrogen-bond donors (Lipinski definition) is 0. The summed E-state index contributed by atoms with van der Waals surface area (Å²) < 4.78 is 5.89. The van der Waals surface area contributed by atoms with Gasteiger partial charge in [0.1, 0.15) is 12.4 Å². The molecule has 0 aromatic heterocycles. The zero-order chi connectivity index (χ0) is 14.2. The molecule has 1 atom stereocenters. The quantitative estimate of drug-likeness (QED) is 0.784. The lowest BCUT2D eigenvalue weighted by atomic mass is 9.96. The third-order valence-electron chi connectivity index (χ3n) is 3.97. The maximum atomic E-state index is 6.41. The molecule has 0 unspecified atom stereocenters. The number of fused-ring (bicyclic) bond motifs is 1. The second-order valence-electron chi connectivity index (χ2n) is 5.93. The molecular weight excluding hydrogens is 258 g/mol. The maximum Gasteiger partial charge on any atom is 0.142 e. The summed E-state index contributed by atoms with van der Waals surface area (Å²) in [5.74, 6) is 1.35. The maximum absolute atomic E-state index is 6.41. The standard InChI is InChI=1S/C16H24ClNO/c1-10(2)13-8-14-12(5)18(11(3)4)6-7-19-16(14)15(17)9-13/h8-12H,6-7H2,1-5H3/t12-/m1/s1. The van der Waals surface area contributed by atoms with Gasteiger partial charge in [-0.3, -0.25) is 4.90 Å². The van der Waals surface area contributed by atoms with Crippen LogP contribution in [0.25, 0.3) is 0 Å². The van der Waals surface area contributed by atoms with Gasteiger partial charge in [-0.15, -0.1) is 0 Å². The number of rotatable bonds is 2. The van der Waals surface area contributed by atoms with Gasteiger partial charge >= 0.3 is 0 Å². The summed E-state index contributed by atoms with van der Waals surface area (Å²) in [6.07, 6.45) is 0. The van der Waals surface area contributed by atoms with E-state index in [9.17, 15) is 0 Å². The lowest BCUT2D eigenvalue weighted by molar-refractivity contribution is 0.152. The summed E-state index contributed by atoms with van der Waals surface area (Å²) in [4.78, 5) is 2.46. The van der Waals surface area contributed by atoms with E-state index >= 15 is 0 Å². The molecule has 0 spiro atoms. The smallest absolute Gasteiger partial charge is 0.142 e. The Morgan fingerprint density at radius 1 is 1.26 bits per heavy atom. The fourth-order valence-corrected chi connectivity index (χ4v) is 3.05. The lowest BCUT2D eigenvalue weighted by Crippen LogP contribution is -2.35. The summed E-state index contributed by atoms with van der Waals surface area (Å²) in [7, 11) is 0. The van der Waals surface area contributed by atoms with E-state index in [0.717, 1.165) is 17.3 Å². The molecule has 1 aromatic carbocycles. The molecule has 1 aliphatic rings. The average molecular weight is 282 g/mol. The minimum Gasteiger partial charge on any atom is -0.490 e. The Hall–Kier alpha value is -0.730. The molecule has 0 amide bonds. The van der Waals surface area contributed by atoms with Crippen LogP contribution in [0.15, 0.2) is 12.1 Å². The van der Waals surface area contributed by atoms with Crippen molar-refractivity contribution in [3.05, 3.63) is 28.3 Å². The highest BCUT2D eigenvalue weighted by molar-refractivity contribution is 6.32. The molecule has 2 nitrogen and oxygen atoms in total.